The standard InChI is InChI=1S/C12H17N3O2/c13-12(16)14-9-10-2-1-3-11(8-10)15-4-6-17-7-5-15/h1-3,8H,4-7,9H2,(H3,13,14,16). The molecule has 3 N–H and O–H groups in total. The minimum absolute atomic E-state index is 0.466. The van der Waals surface area contributed by atoms with E-state index in [9.17, 15) is 4.79 Å². The summed E-state index contributed by atoms with van der Waals surface area (Å²) in [5.41, 5.74) is 7.26. The Kier molecular flexibility index (Phi) is 3.82. The number of nitrogens with two attached hydrogens (primary N) is 1. The lowest BCUT2D eigenvalue weighted by Gasteiger charge is -2.29. The van der Waals surface area contributed by atoms with Crippen LogP contribution in [0.25, 0.3) is 0 Å². The molecular formula is C12H17N3O2. The number of carbonyl (C=O) groups is 1. The molecule has 0 aromatic heterocycles. The van der Waals surface area contributed by atoms with Gasteiger partial charge in [0.1, 0.15) is 0 Å². The maximum atomic E-state index is 10.6. The van der Waals surface area contributed by atoms with E-state index in [1.807, 2.05) is 12.1 Å². The molecule has 0 unspecified atom stereocenters. The number of carbonyl (C=O) groups excluding carboxylic acids is 1. The van der Waals surface area contributed by atoms with Crippen LogP contribution in [-0.4, -0.2) is 32.3 Å². The third-order valence-corrected chi connectivity index (χ3v) is 2.75. The van der Waals surface area contributed by atoms with E-state index >= 15 is 0 Å². The molecule has 0 spiro atoms. The second-order valence-corrected chi connectivity index (χ2v) is 3.99. The Hall–Kier alpha value is -1.75. The van der Waals surface area contributed by atoms with Gasteiger partial charge in [0.2, 0.25) is 0 Å². The molecule has 2 amide bonds. The van der Waals surface area contributed by atoms with E-state index in [0.29, 0.717) is 6.54 Å². The number of hydrogen-bond acceptors (Lipinski definition) is 3. The van der Waals surface area contributed by atoms with Gasteiger partial charge >= 0.3 is 6.03 Å². The lowest BCUT2D eigenvalue weighted by molar-refractivity contribution is 0.122. The fraction of sp³-hybridized carbons (Fsp3) is 0.417. The quantitative estimate of drug-likeness (QED) is 0.810. The summed E-state index contributed by atoms with van der Waals surface area (Å²) >= 11 is 0. The average molecular weight is 235 g/mol. The van der Waals surface area contributed by atoms with E-state index in [4.69, 9.17) is 10.5 Å². The molecule has 1 aromatic carbocycles. The Morgan fingerprint density at radius 3 is 2.88 bits per heavy atom. The van der Waals surface area contributed by atoms with Gasteiger partial charge in [-0.3, -0.25) is 0 Å². The first kappa shape index (κ1) is 11.7. The van der Waals surface area contributed by atoms with Crippen molar-refractivity contribution in [3.8, 4) is 0 Å². The highest BCUT2D eigenvalue weighted by atomic mass is 16.5. The molecule has 92 valence electrons. The van der Waals surface area contributed by atoms with Gasteiger partial charge in [-0.1, -0.05) is 12.1 Å². The average Bonchev–Trinajstić information content (AvgIpc) is 2.38. The number of nitrogens with zero attached hydrogens (tertiary/aromatic N) is 1. The fourth-order valence-electron chi connectivity index (χ4n) is 1.87. The van der Waals surface area contributed by atoms with E-state index in [2.05, 4.69) is 22.3 Å². The van der Waals surface area contributed by atoms with Crippen molar-refractivity contribution in [1.29, 1.82) is 0 Å². The summed E-state index contributed by atoms with van der Waals surface area (Å²) in [5.74, 6) is 0. The summed E-state index contributed by atoms with van der Waals surface area (Å²) < 4.78 is 5.32. The van der Waals surface area contributed by atoms with Gasteiger partial charge in [-0.25, -0.2) is 4.79 Å². The van der Waals surface area contributed by atoms with Crippen LogP contribution in [-0.2, 0) is 11.3 Å². The van der Waals surface area contributed by atoms with Crippen molar-refractivity contribution in [3.63, 3.8) is 0 Å². The van der Waals surface area contributed by atoms with Gasteiger partial charge in [-0.05, 0) is 17.7 Å². The minimum atomic E-state index is -0.498. The van der Waals surface area contributed by atoms with Gasteiger partial charge in [0, 0.05) is 25.3 Å². The Morgan fingerprint density at radius 1 is 1.41 bits per heavy atom. The number of anilines is 1. The molecule has 17 heavy (non-hydrogen) atoms. The smallest absolute Gasteiger partial charge is 0.312 e. The fourth-order valence-corrected chi connectivity index (χ4v) is 1.87. The molecule has 0 radical (unpaired) electrons. The Bertz CT molecular complexity index is 389. The van der Waals surface area contributed by atoms with Crippen LogP contribution in [0.4, 0.5) is 10.5 Å². The van der Waals surface area contributed by atoms with Crippen molar-refractivity contribution in [2.45, 2.75) is 6.54 Å². The number of nitrogens with one attached hydrogen (secondary N) is 1. The third kappa shape index (κ3) is 3.35. The third-order valence-electron chi connectivity index (χ3n) is 2.75. The summed E-state index contributed by atoms with van der Waals surface area (Å²) in [5, 5.41) is 2.59. The lowest BCUT2D eigenvalue weighted by Crippen LogP contribution is -2.36. The molecule has 0 aliphatic carbocycles. The first-order chi connectivity index (χ1) is 8.25. The number of urea groups is 1. The number of morpholine rings is 1. The van der Waals surface area contributed by atoms with Crippen molar-refractivity contribution in [3.05, 3.63) is 29.8 Å². The molecule has 0 bridgehead atoms. The number of ether oxygens (including phenoxy) is 1. The number of amides is 2. The first-order valence-corrected chi connectivity index (χ1v) is 5.70. The predicted octanol–water partition coefficient (Wildman–Crippen LogP) is 0.691. The topological polar surface area (TPSA) is 67.6 Å². The normalized spacial score (nSPS) is 15.6. The molecule has 1 saturated heterocycles. The van der Waals surface area contributed by atoms with Gasteiger partial charge in [0.15, 0.2) is 0 Å². The highest BCUT2D eigenvalue weighted by Crippen LogP contribution is 2.17. The zero-order valence-electron chi connectivity index (χ0n) is 9.69. The largest absolute Gasteiger partial charge is 0.378 e. The van der Waals surface area contributed by atoms with Crippen molar-refractivity contribution >= 4 is 11.7 Å². The summed E-state index contributed by atoms with van der Waals surface area (Å²) in [4.78, 5) is 12.9. The van der Waals surface area contributed by atoms with Crippen LogP contribution in [0.1, 0.15) is 5.56 Å². The zero-order chi connectivity index (χ0) is 12.1. The number of hydrogen-bond donors (Lipinski definition) is 2. The van der Waals surface area contributed by atoms with E-state index in [1.54, 1.807) is 0 Å². The van der Waals surface area contributed by atoms with Crippen molar-refractivity contribution < 1.29 is 9.53 Å². The number of primary amides is 1. The van der Waals surface area contributed by atoms with Gasteiger partial charge in [0.05, 0.1) is 13.2 Å². The van der Waals surface area contributed by atoms with Gasteiger partial charge in [0.25, 0.3) is 0 Å². The Labute approximate surface area is 101 Å². The van der Waals surface area contributed by atoms with Crippen molar-refractivity contribution in [2.75, 3.05) is 31.2 Å². The van der Waals surface area contributed by atoms with Crippen LogP contribution in [0.15, 0.2) is 24.3 Å². The molecule has 0 saturated carbocycles. The molecule has 1 aromatic rings. The lowest BCUT2D eigenvalue weighted by atomic mass is 10.2. The van der Waals surface area contributed by atoms with E-state index < -0.39 is 6.03 Å². The predicted molar refractivity (Wildman–Crippen MR) is 65.9 cm³/mol. The number of rotatable bonds is 3. The maximum absolute atomic E-state index is 10.6. The Morgan fingerprint density at radius 2 is 2.18 bits per heavy atom. The van der Waals surface area contributed by atoms with E-state index in [-0.39, 0.29) is 0 Å². The van der Waals surface area contributed by atoms with Gasteiger partial charge in [-0.2, -0.15) is 0 Å². The maximum Gasteiger partial charge on any atom is 0.312 e. The van der Waals surface area contributed by atoms with Crippen LogP contribution in [0, 0.1) is 0 Å². The molecule has 5 nitrogen and oxygen atoms in total. The molecule has 2 rings (SSSR count). The van der Waals surface area contributed by atoms with E-state index in [0.717, 1.165) is 37.6 Å². The van der Waals surface area contributed by atoms with Crippen molar-refractivity contribution in [2.24, 2.45) is 5.73 Å². The van der Waals surface area contributed by atoms with Crippen LogP contribution < -0.4 is 16.0 Å². The zero-order valence-corrected chi connectivity index (χ0v) is 9.69. The molecule has 1 aliphatic heterocycles. The minimum Gasteiger partial charge on any atom is -0.378 e. The molecule has 1 aliphatic rings. The first-order valence-electron chi connectivity index (χ1n) is 5.70. The highest BCUT2D eigenvalue weighted by molar-refractivity contribution is 5.71. The SMILES string of the molecule is NC(=O)NCc1cccc(N2CCOCC2)c1. The molecule has 5 heteroatoms. The monoisotopic (exact) mass is 235 g/mol. The van der Waals surface area contributed by atoms with Crippen molar-refractivity contribution in [1.82, 2.24) is 5.32 Å². The van der Waals surface area contributed by atoms with E-state index in [1.165, 1.54) is 0 Å². The summed E-state index contributed by atoms with van der Waals surface area (Å²) in [6, 6.07) is 7.60. The molecular weight excluding hydrogens is 218 g/mol. The van der Waals surface area contributed by atoms with Crippen LogP contribution in [0.2, 0.25) is 0 Å². The summed E-state index contributed by atoms with van der Waals surface area (Å²) in [6.45, 7) is 3.82. The molecule has 1 fully saturated rings. The molecule has 1 heterocycles. The van der Waals surface area contributed by atoms with Crippen LogP contribution in [0.3, 0.4) is 0 Å². The van der Waals surface area contributed by atoms with Crippen LogP contribution in [0.5, 0.6) is 0 Å². The van der Waals surface area contributed by atoms with Gasteiger partial charge < -0.3 is 20.7 Å². The van der Waals surface area contributed by atoms with Gasteiger partial charge in [-0.15, -0.1) is 0 Å². The summed E-state index contributed by atoms with van der Waals surface area (Å²) in [6.07, 6.45) is 0. The second-order valence-electron chi connectivity index (χ2n) is 3.99. The highest BCUT2D eigenvalue weighted by Gasteiger charge is 2.11. The molecule has 0 atom stereocenters. The number of benzene rings is 1. The van der Waals surface area contributed by atoms with Crippen LogP contribution >= 0.6 is 0 Å². The summed E-state index contributed by atoms with van der Waals surface area (Å²) in [7, 11) is 0. The second kappa shape index (κ2) is 5.54. The Balaban J connectivity index is 2.02.